The average molecular weight is 450 g/mol. The Morgan fingerprint density at radius 1 is 1.19 bits per heavy atom. The van der Waals surface area contributed by atoms with Gasteiger partial charge in [-0.25, -0.2) is 0 Å². The van der Waals surface area contributed by atoms with Crippen molar-refractivity contribution in [2.75, 3.05) is 33.2 Å². The number of piperidine rings is 2. The molecule has 0 aliphatic carbocycles. The predicted molar refractivity (Wildman–Crippen MR) is 116 cm³/mol. The van der Waals surface area contributed by atoms with E-state index in [0.29, 0.717) is 30.2 Å². The van der Waals surface area contributed by atoms with Crippen molar-refractivity contribution in [3.05, 3.63) is 36.0 Å². The van der Waals surface area contributed by atoms with E-state index in [1.54, 1.807) is 18.2 Å². The summed E-state index contributed by atoms with van der Waals surface area (Å²) in [4.78, 5) is 21.5. The van der Waals surface area contributed by atoms with Crippen molar-refractivity contribution in [3.8, 4) is 5.75 Å². The quantitative estimate of drug-likeness (QED) is 0.672. The number of rotatable bonds is 4. The second kappa shape index (κ2) is 9.25. The standard InChI is InChI=1S/C24H30F3N3O2/c1-16-12-18(15-30(14-16)22(31)13-17-7-10-29(2)11-8-17)19-5-6-21(32-24(25,26)27)23-20(19)4-3-9-28-23/h3-6,9,16-18H,7-8,10-15H2,1-2H3. The number of hydrogen-bond acceptors (Lipinski definition) is 4. The van der Waals surface area contributed by atoms with Gasteiger partial charge in [-0.3, -0.25) is 9.78 Å². The first-order valence-electron chi connectivity index (χ1n) is 11.3. The van der Waals surface area contributed by atoms with Crippen LogP contribution >= 0.6 is 0 Å². The SMILES string of the molecule is CC1CC(c2ccc(OC(F)(F)F)c3ncccc23)CN(C(=O)CC2CCN(C)CC2)C1. The molecule has 32 heavy (non-hydrogen) atoms. The molecule has 3 heterocycles. The number of aromatic nitrogens is 1. The number of amides is 1. The van der Waals surface area contributed by atoms with Gasteiger partial charge in [-0.2, -0.15) is 0 Å². The van der Waals surface area contributed by atoms with E-state index >= 15 is 0 Å². The van der Waals surface area contributed by atoms with Crippen LogP contribution in [0, 0.1) is 11.8 Å². The number of carbonyl (C=O) groups is 1. The molecule has 2 atom stereocenters. The first-order chi connectivity index (χ1) is 15.2. The summed E-state index contributed by atoms with van der Waals surface area (Å²) in [6.07, 6.45) is 0.242. The van der Waals surface area contributed by atoms with E-state index in [0.717, 1.165) is 44.5 Å². The Morgan fingerprint density at radius 2 is 1.94 bits per heavy atom. The van der Waals surface area contributed by atoms with Crippen LogP contribution in [-0.2, 0) is 4.79 Å². The molecule has 2 unspecified atom stereocenters. The molecule has 174 valence electrons. The molecule has 2 aromatic rings. The molecule has 0 saturated carbocycles. The molecule has 2 aliphatic heterocycles. The molecule has 2 saturated heterocycles. The van der Waals surface area contributed by atoms with Crippen LogP contribution in [0.25, 0.3) is 10.9 Å². The van der Waals surface area contributed by atoms with Crippen molar-refractivity contribution in [3.63, 3.8) is 0 Å². The van der Waals surface area contributed by atoms with Gasteiger partial charge < -0.3 is 14.5 Å². The lowest BCUT2D eigenvalue weighted by Crippen LogP contribution is -2.43. The summed E-state index contributed by atoms with van der Waals surface area (Å²) >= 11 is 0. The number of fused-ring (bicyclic) bond motifs is 1. The molecule has 2 aliphatic rings. The highest BCUT2D eigenvalue weighted by Crippen LogP contribution is 2.38. The largest absolute Gasteiger partial charge is 0.573 e. The predicted octanol–water partition coefficient (Wildman–Crippen LogP) is 4.82. The van der Waals surface area contributed by atoms with Crippen molar-refractivity contribution in [1.82, 2.24) is 14.8 Å². The Morgan fingerprint density at radius 3 is 2.66 bits per heavy atom. The first kappa shape index (κ1) is 22.8. The highest BCUT2D eigenvalue weighted by atomic mass is 19.4. The lowest BCUT2D eigenvalue weighted by molar-refractivity contribution is -0.274. The van der Waals surface area contributed by atoms with Gasteiger partial charge in [-0.1, -0.05) is 19.1 Å². The second-order valence-electron chi connectivity index (χ2n) is 9.39. The first-order valence-corrected chi connectivity index (χ1v) is 11.3. The van der Waals surface area contributed by atoms with Crippen molar-refractivity contribution in [2.24, 2.45) is 11.8 Å². The zero-order valence-corrected chi connectivity index (χ0v) is 18.6. The van der Waals surface area contributed by atoms with Crippen LogP contribution in [0.15, 0.2) is 30.5 Å². The van der Waals surface area contributed by atoms with E-state index in [9.17, 15) is 18.0 Å². The summed E-state index contributed by atoms with van der Waals surface area (Å²) in [5, 5.41) is 0.649. The minimum Gasteiger partial charge on any atom is -0.403 e. The third-order valence-electron chi connectivity index (χ3n) is 6.75. The molecule has 2 fully saturated rings. The normalized spacial score (nSPS) is 23.5. The zero-order chi connectivity index (χ0) is 22.9. The second-order valence-corrected chi connectivity index (χ2v) is 9.39. The fourth-order valence-electron chi connectivity index (χ4n) is 5.15. The van der Waals surface area contributed by atoms with E-state index < -0.39 is 6.36 Å². The zero-order valence-electron chi connectivity index (χ0n) is 18.6. The molecule has 8 heteroatoms. The smallest absolute Gasteiger partial charge is 0.403 e. The number of carbonyl (C=O) groups excluding carboxylic acids is 1. The maximum atomic E-state index is 13.1. The van der Waals surface area contributed by atoms with Crippen LogP contribution in [-0.4, -0.2) is 60.3 Å². The van der Waals surface area contributed by atoms with E-state index in [1.165, 1.54) is 12.3 Å². The minimum atomic E-state index is -4.78. The molecule has 1 aromatic heterocycles. The number of likely N-dealkylation sites (tertiary alicyclic amines) is 2. The molecule has 1 amide bonds. The van der Waals surface area contributed by atoms with Gasteiger partial charge in [0.05, 0.1) is 0 Å². The van der Waals surface area contributed by atoms with Crippen LogP contribution in [0.1, 0.15) is 44.1 Å². The van der Waals surface area contributed by atoms with Gasteiger partial charge in [0, 0.05) is 37.0 Å². The third-order valence-corrected chi connectivity index (χ3v) is 6.75. The Kier molecular flexibility index (Phi) is 6.60. The highest BCUT2D eigenvalue weighted by molar-refractivity contribution is 5.88. The molecular formula is C24H30F3N3O2. The van der Waals surface area contributed by atoms with E-state index in [-0.39, 0.29) is 23.1 Å². The summed E-state index contributed by atoms with van der Waals surface area (Å²) in [5.74, 6) is 0.685. The number of pyridine rings is 1. The van der Waals surface area contributed by atoms with Gasteiger partial charge in [0.2, 0.25) is 5.91 Å². The average Bonchev–Trinajstić information content (AvgIpc) is 2.74. The van der Waals surface area contributed by atoms with E-state index in [2.05, 4.69) is 28.6 Å². The molecule has 0 N–H and O–H groups in total. The fraction of sp³-hybridized carbons (Fsp3) is 0.583. The molecule has 5 nitrogen and oxygen atoms in total. The Balaban J connectivity index is 1.54. The topological polar surface area (TPSA) is 45.7 Å². The number of ether oxygens (including phenoxy) is 1. The van der Waals surface area contributed by atoms with E-state index in [4.69, 9.17) is 0 Å². The summed E-state index contributed by atoms with van der Waals surface area (Å²) in [6, 6.07) is 6.55. The Labute approximate surface area is 186 Å². The molecular weight excluding hydrogens is 419 g/mol. The summed E-state index contributed by atoms with van der Waals surface area (Å²) < 4.78 is 42.7. The fourth-order valence-corrected chi connectivity index (χ4v) is 5.15. The maximum absolute atomic E-state index is 13.1. The van der Waals surface area contributed by atoms with Crippen LogP contribution in [0.2, 0.25) is 0 Å². The lowest BCUT2D eigenvalue weighted by Gasteiger charge is -2.38. The van der Waals surface area contributed by atoms with Crippen molar-refractivity contribution >= 4 is 16.8 Å². The summed E-state index contributed by atoms with van der Waals surface area (Å²) in [6.45, 7) is 5.50. The number of hydrogen-bond donors (Lipinski definition) is 0. The van der Waals surface area contributed by atoms with Gasteiger partial charge in [-0.15, -0.1) is 13.2 Å². The summed E-state index contributed by atoms with van der Waals surface area (Å²) in [5.41, 5.74) is 1.12. The third kappa shape index (κ3) is 5.34. The monoisotopic (exact) mass is 449 g/mol. The van der Waals surface area contributed by atoms with Crippen molar-refractivity contribution in [1.29, 1.82) is 0 Å². The molecule has 1 aromatic carbocycles. The van der Waals surface area contributed by atoms with Gasteiger partial charge in [0.25, 0.3) is 0 Å². The maximum Gasteiger partial charge on any atom is 0.573 e. The summed E-state index contributed by atoms with van der Waals surface area (Å²) in [7, 11) is 2.11. The van der Waals surface area contributed by atoms with Crippen LogP contribution in [0.5, 0.6) is 5.75 Å². The van der Waals surface area contributed by atoms with Crippen LogP contribution in [0.4, 0.5) is 13.2 Å². The Hall–Kier alpha value is -2.35. The Bertz CT molecular complexity index is 957. The van der Waals surface area contributed by atoms with Gasteiger partial charge in [-0.05, 0) is 68.9 Å². The minimum absolute atomic E-state index is 0.0480. The number of benzene rings is 1. The number of alkyl halides is 3. The van der Waals surface area contributed by atoms with Gasteiger partial charge >= 0.3 is 6.36 Å². The molecule has 4 rings (SSSR count). The van der Waals surface area contributed by atoms with E-state index in [1.807, 2.05) is 4.90 Å². The van der Waals surface area contributed by atoms with Gasteiger partial charge in [0.15, 0.2) is 5.75 Å². The highest BCUT2D eigenvalue weighted by Gasteiger charge is 2.34. The molecule has 0 radical (unpaired) electrons. The van der Waals surface area contributed by atoms with Crippen molar-refractivity contribution < 1.29 is 22.7 Å². The van der Waals surface area contributed by atoms with Crippen molar-refractivity contribution in [2.45, 2.75) is 44.9 Å². The van der Waals surface area contributed by atoms with Gasteiger partial charge in [0.1, 0.15) is 5.52 Å². The lowest BCUT2D eigenvalue weighted by atomic mass is 9.83. The molecule has 0 spiro atoms. The molecule has 0 bridgehead atoms. The number of nitrogens with zero attached hydrogens (tertiary/aromatic N) is 3. The number of halogens is 3. The van der Waals surface area contributed by atoms with Crippen LogP contribution in [0.3, 0.4) is 0 Å². The van der Waals surface area contributed by atoms with Crippen LogP contribution < -0.4 is 4.74 Å².